The summed E-state index contributed by atoms with van der Waals surface area (Å²) < 4.78 is 36.4. The van der Waals surface area contributed by atoms with Gasteiger partial charge in [-0.2, -0.15) is 13.2 Å². The number of nitro groups is 2. The van der Waals surface area contributed by atoms with Crippen molar-refractivity contribution in [2.45, 2.75) is 12.6 Å². The second kappa shape index (κ2) is 4.47. The van der Waals surface area contributed by atoms with E-state index in [1.54, 1.807) is 0 Å². The van der Waals surface area contributed by atoms with Crippen molar-refractivity contribution in [3.63, 3.8) is 0 Å². The Bertz CT molecular complexity index is 480. The SMILES string of the molecule is [NH]c1c([N+](=O)[O-])cc(CC(F)(F)F)cc1[N+](=O)[O-]. The first kappa shape index (κ1) is 13.7. The summed E-state index contributed by atoms with van der Waals surface area (Å²) in [7, 11) is 0. The molecule has 0 fully saturated rings. The van der Waals surface area contributed by atoms with E-state index in [9.17, 15) is 33.4 Å². The van der Waals surface area contributed by atoms with Gasteiger partial charge in [-0.1, -0.05) is 0 Å². The molecule has 1 radical (unpaired) electrons. The molecule has 1 rings (SSSR count). The smallest absolute Gasteiger partial charge is 0.288 e. The van der Waals surface area contributed by atoms with Gasteiger partial charge in [-0.3, -0.25) is 26.0 Å². The first-order valence-corrected chi connectivity index (χ1v) is 4.36. The zero-order valence-electron chi connectivity index (χ0n) is 8.52. The van der Waals surface area contributed by atoms with Gasteiger partial charge >= 0.3 is 17.6 Å². The Kier molecular flexibility index (Phi) is 3.39. The highest BCUT2D eigenvalue weighted by Gasteiger charge is 2.32. The number of nitro benzene ring substituents is 2. The lowest BCUT2D eigenvalue weighted by Crippen LogP contribution is -2.12. The van der Waals surface area contributed by atoms with Crippen molar-refractivity contribution < 1.29 is 23.0 Å². The molecular formula is C8H5F3N3O4. The van der Waals surface area contributed by atoms with Crippen molar-refractivity contribution in [2.24, 2.45) is 0 Å². The van der Waals surface area contributed by atoms with Crippen molar-refractivity contribution in [3.8, 4) is 0 Å². The van der Waals surface area contributed by atoms with Gasteiger partial charge in [0.25, 0.3) is 0 Å². The third-order valence-corrected chi connectivity index (χ3v) is 1.95. The molecule has 0 aromatic heterocycles. The number of hydrogen-bond donors (Lipinski definition) is 0. The van der Waals surface area contributed by atoms with Gasteiger partial charge in [0.1, 0.15) is 0 Å². The minimum absolute atomic E-state index is 0.517. The quantitative estimate of drug-likeness (QED) is 0.616. The lowest BCUT2D eigenvalue weighted by atomic mass is 10.1. The van der Waals surface area contributed by atoms with Gasteiger partial charge < -0.3 is 0 Å². The van der Waals surface area contributed by atoms with Crippen LogP contribution in [0.25, 0.3) is 0 Å². The predicted octanol–water partition coefficient (Wildman–Crippen LogP) is 2.52. The Hall–Kier alpha value is -2.39. The summed E-state index contributed by atoms with van der Waals surface area (Å²) in [5.74, 6) is 0. The van der Waals surface area contributed by atoms with E-state index >= 15 is 0 Å². The summed E-state index contributed by atoms with van der Waals surface area (Å²) in [6.45, 7) is 0. The van der Waals surface area contributed by atoms with E-state index < -0.39 is 45.1 Å². The number of nitrogens with zero attached hydrogens (tertiary/aromatic N) is 2. The molecule has 0 aliphatic rings. The molecule has 0 aliphatic heterocycles. The number of rotatable bonds is 3. The molecule has 7 nitrogen and oxygen atoms in total. The second-order valence-electron chi connectivity index (χ2n) is 3.32. The minimum atomic E-state index is -4.65. The predicted molar refractivity (Wildman–Crippen MR) is 52.3 cm³/mol. The standard InChI is InChI=1S/C8H5F3N3O4/c9-8(10,11)3-4-1-5(13(15)16)7(12)6(2-4)14(17)18/h1-2,12H,3H2. The summed E-state index contributed by atoms with van der Waals surface area (Å²) in [6, 6.07) is 1.03. The minimum Gasteiger partial charge on any atom is -0.288 e. The summed E-state index contributed by atoms with van der Waals surface area (Å²) in [5.41, 5.74) is 3.48. The van der Waals surface area contributed by atoms with Crippen molar-refractivity contribution in [2.75, 3.05) is 0 Å². The molecule has 97 valence electrons. The average Bonchev–Trinajstić information content (AvgIpc) is 2.17. The van der Waals surface area contributed by atoms with Crippen LogP contribution in [0.2, 0.25) is 0 Å². The van der Waals surface area contributed by atoms with Crippen molar-refractivity contribution in [1.82, 2.24) is 5.73 Å². The highest BCUT2D eigenvalue weighted by Crippen LogP contribution is 2.35. The maximum absolute atomic E-state index is 12.1. The molecule has 0 saturated carbocycles. The Balaban J connectivity index is 3.38. The van der Waals surface area contributed by atoms with Crippen molar-refractivity contribution in [1.29, 1.82) is 0 Å². The van der Waals surface area contributed by atoms with E-state index in [1.165, 1.54) is 0 Å². The van der Waals surface area contributed by atoms with Crippen LogP contribution < -0.4 is 5.73 Å². The van der Waals surface area contributed by atoms with Crippen molar-refractivity contribution in [3.05, 3.63) is 37.9 Å². The van der Waals surface area contributed by atoms with Crippen LogP contribution >= 0.6 is 0 Å². The van der Waals surface area contributed by atoms with Crippen LogP contribution in [0.5, 0.6) is 0 Å². The molecule has 0 spiro atoms. The zero-order valence-corrected chi connectivity index (χ0v) is 8.52. The fourth-order valence-corrected chi connectivity index (χ4v) is 1.29. The number of hydrogen-bond acceptors (Lipinski definition) is 4. The third kappa shape index (κ3) is 3.06. The fourth-order valence-electron chi connectivity index (χ4n) is 1.29. The van der Waals surface area contributed by atoms with Crippen LogP contribution in [-0.4, -0.2) is 16.0 Å². The van der Waals surface area contributed by atoms with E-state index in [4.69, 9.17) is 5.73 Å². The molecule has 1 N–H and O–H groups in total. The topological polar surface area (TPSA) is 110 Å². The number of halogens is 3. The molecule has 0 saturated heterocycles. The van der Waals surface area contributed by atoms with Crippen LogP contribution in [0.4, 0.5) is 30.2 Å². The van der Waals surface area contributed by atoms with E-state index in [1.807, 2.05) is 0 Å². The molecule has 10 heteroatoms. The first-order chi connectivity index (χ1) is 8.11. The molecular weight excluding hydrogens is 259 g/mol. The summed E-state index contributed by atoms with van der Waals surface area (Å²) >= 11 is 0. The molecule has 18 heavy (non-hydrogen) atoms. The maximum Gasteiger partial charge on any atom is 0.393 e. The normalized spacial score (nSPS) is 11.3. The van der Waals surface area contributed by atoms with Crippen LogP contribution in [-0.2, 0) is 6.42 Å². The Morgan fingerprint density at radius 2 is 1.50 bits per heavy atom. The van der Waals surface area contributed by atoms with E-state index in [2.05, 4.69) is 0 Å². The molecule has 0 unspecified atom stereocenters. The molecule has 0 heterocycles. The molecule has 0 amide bonds. The molecule has 0 aliphatic carbocycles. The first-order valence-electron chi connectivity index (χ1n) is 4.36. The van der Waals surface area contributed by atoms with Gasteiger partial charge in [-0.05, 0) is 5.56 Å². The molecule has 0 bridgehead atoms. The second-order valence-corrected chi connectivity index (χ2v) is 3.32. The van der Waals surface area contributed by atoms with Gasteiger partial charge in [-0.15, -0.1) is 0 Å². The highest BCUT2D eigenvalue weighted by molar-refractivity contribution is 5.69. The van der Waals surface area contributed by atoms with E-state index in [0.717, 1.165) is 0 Å². The third-order valence-electron chi connectivity index (χ3n) is 1.95. The maximum atomic E-state index is 12.1. The van der Waals surface area contributed by atoms with E-state index in [-0.39, 0.29) is 0 Å². The van der Waals surface area contributed by atoms with Crippen LogP contribution in [0.3, 0.4) is 0 Å². The van der Waals surface area contributed by atoms with Gasteiger partial charge in [0.05, 0.1) is 16.3 Å². The van der Waals surface area contributed by atoms with E-state index in [0.29, 0.717) is 12.1 Å². The number of benzene rings is 1. The number of alkyl halides is 3. The fraction of sp³-hybridized carbons (Fsp3) is 0.250. The highest BCUT2D eigenvalue weighted by atomic mass is 19.4. The summed E-state index contributed by atoms with van der Waals surface area (Å²) in [4.78, 5) is 18.7. The van der Waals surface area contributed by atoms with Gasteiger partial charge in [0.15, 0.2) is 0 Å². The monoisotopic (exact) mass is 264 g/mol. The summed E-state index contributed by atoms with van der Waals surface area (Å²) in [5, 5.41) is 21.0. The lowest BCUT2D eigenvalue weighted by molar-refractivity contribution is -0.392. The van der Waals surface area contributed by atoms with Crippen LogP contribution in [0.1, 0.15) is 5.56 Å². The van der Waals surface area contributed by atoms with Gasteiger partial charge in [0.2, 0.25) is 5.69 Å². The van der Waals surface area contributed by atoms with Crippen LogP contribution in [0.15, 0.2) is 12.1 Å². The Labute approximate surface area is 97.3 Å². The Morgan fingerprint density at radius 1 is 1.11 bits per heavy atom. The van der Waals surface area contributed by atoms with Crippen molar-refractivity contribution >= 4 is 17.1 Å². The van der Waals surface area contributed by atoms with Crippen LogP contribution in [0, 0.1) is 20.2 Å². The number of nitrogens with one attached hydrogen (secondary N) is 1. The molecule has 0 atom stereocenters. The largest absolute Gasteiger partial charge is 0.393 e. The lowest BCUT2D eigenvalue weighted by Gasteiger charge is -2.07. The zero-order chi connectivity index (χ0) is 14.1. The Morgan fingerprint density at radius 3 is 1.78 bits per heavy atom. The molecule has 1 aromatic rings. The van der Waals surface area contributed by atoms with Gasteiger partial charge in [0, 0.05) is 12.1 Å². The van der Waals surface area contributed by atoms with Gasteiger partial charge in [-0.25, -0.2) is 0 Å². The summed E-state index contributed by atoms with van der Waals surface area (Å²) in [6.07, 6.45) is -6.18. The molecule has 1 aromatic carbocycles. The average molecular weight is 264 g/mol.